The fourth-order valence-electron chi connectivity index (χ4n) is 2.91. The Morgan fingerprint density at radius 2 is 1.96 bits per heavy atom. The van der Waals surface area contributed by atoms with Crippen molar-refractivity contribution in [3.63, 3.8) is 0 Å². The van der Waals surface area contributed by atoms with E-state index in [9.17, 15) is 9.90 Å². The first-order valence-electron chi connectivity index (χ1n) is 7.92. The van der Waals surface area contributed by atoms with E-state index in [2.05, 4.69) is 10.3 Å². The van der Waals surface area contributed by atoms with Crippen LogP contribution in [0.4, 0.5) is 5.82 Å². The molecule has 5 nitrogen and oxygen atoms in total. The van der Waals surface area contributed by atoms with Crippen molar-refractivity contribution in [2.24, 2.45) is 0 Å². The third kappa shape index (κ3) is 4.07. The van der Waals surface area contributed by atoms with E-state index in [1.165, 1.54) is 0 Å². The van der Waals surface area contributed by atoms with Crippen LogP contribution >= 0.6 is 0 Å². The number of carbonyl (C=O) groups excluding carboxylic acids is 1. The van der Waals surface area contributed by atoms with E-state index in [1.807, 2.05) is 48.5 Å². The minimum absolute atomic E-state index is 0.0249. The second kappa shape index (κ2) is 7.24. The van der Waals surface area contributed by atoms with Gasteiger partial charge in [-0.3, -0.25) is 4.79 Å². The lowest BCUT2D eigenvalue weighted by Crippen LogP contribution is -2.36. The highest BCUT2D eigenvalue weighted by Crippen LogP contribution is 2.17. The SMILES string of the molecule is O=C(c1ccccc1)N1CC[C@H](Nc2ccccn2)C[C@H](O)C1. The molecule has 0 radical (unpaired) electrons. The fourth-order valence-corrected chi connectivity index (χ4v) is 2.91. The number of aliphatic hydroxyl groups excluding tert-OH is 1. The van der Waals surface area contributed by atoms with Crippen LogP contribution in [0.2, 0.25) is 0 Å². The molecule has 0 bridgehead atoms. The van der Waals surface area contributed by atoms with Gasteiger partial charge in [0.25, 0.3) is 5.91 Å². The van der Waals surface area contributed by atoms with E-state index in [-0.39, 0.29) is 11.9 Å². The third-order valence-corrected chi connectivity index (χ3v) is 4.06. The number of pyridine rings is 1. The van der Waals surface area contributed by atoms with Gasteiger partial charge in [0.2, 0.25) is 0 Å². The highest BCUT2D eigenvalue weighted by Gasteiger charge is 2.26. The Bertz CT molecular complexity index is 633. The Kier molecular flexibility index (Phi) is 4.88. The minimum atomic E-state index is -0.536. The maximum atomic E-state index is 12.5. The number of amides is 1. The van der Waals surface area contributed by atoms with Crippen molar-refractivity contribution in [3.05, 3.63) is 60.3 Å². The first kappa shape index (κ1) is 15.5. The summed E-state index contributed by atoms with van der Waals surface area (Å²) in [4.78, 5) is 18.5. The molecule has 0 aliphatic carbocycles. The summed E-state index contributed by atoms with van der Waals surface area (Å²) in [7, 11) is 0. The van der Waals surface area contributed by atoms with E-state index in [4.69, 9.17) is 0 Å². The van der Waals surface area contributed by atoms with E-state index in [0.717, 1.165) is 12.2 Å². The molecule has 2 aromatic rings. The minimum Gasteiger partial charge on any atom is -0.391 e. The Morgan fingerprint density at radius 3 is 2.70 bits per heavy atom. The molecule has 5 heteroatoms. The highest BCUT2D eigenvalue weighted by molar-refractivity contribution is 5.94. The van der Waals surface area contributed by atoms with Crippen molar-refractivity contribution < 1.29 is 9.90 Å². The predicted octanol–water partition coefficient (Wildman–Crippen LogP) is 2.16. The van der Waals surface area contributed by atoms with Crippen molar-refractivity contribution in [1.29, 1.82) is 0 Å². The highest BCUT2D eigenvalue weighted by atomic mass is 16.3. The summed E-state index contributed by atoms with van der Waals surface area (Å²) in [5.41, 5.74) is 0.663. The lowest BCUT2D eigenvalue weighted by molar-refractivity contribution is 0.0655. The summed E-state index contributed by atoms with van der Waals surface area (Å²) < 4.78 is 0. The van der Waals surface area contributed by atoms with Crippen LogP contribution in [0.25, 0.3) is 0 Å². The van der Waals surface area contributed by atoms with E-state index >= 15 is 0 Å². The van der Waals surface area contributed by atoms with Gasteiger partial charge in [0.1, 0.15) is 5.82 Å². The van der Waals surface area contributed by atoms with Gasteiger partial charge in [-0.2, -0.15) is 0 Å². The molecule has 2 N–H and O–H groups in total. The number of carbonyl (C=O) groups is 1. The Morgan fingerprint density at radius 1 is 1.17 bits per heavy atom. The van der Waals surface area contributed by atoms with Crippen LogP contribution in [0.15, 0.2) is 54.7 Å². The van der Waals surface area contributed by atoms with Gasteiger partial charge in [0, 0.05) is 30.9 Å². The van der Waals surface area contributed by atoms with Gasteiger partial charge >= 0.3 is 0 Å². The van der Waals surface area contributed by atoms with E-state index < -0.39 is 6.10 Å². The van der Waals surface area contributed by atoms with Gasteiger partial charge in [0.15, 0.2) is 0 Å². The molecule has 23 heavy (non-hydrogen) atoms. The number of aliphatic hydroxyl groups is 1. The molecule has 2 heterocycles. The molecule has 1 aromatic heterocycles. The average Bonchev–Trinajstić information content (AvgIpc) is 2.77. The van der Waals surface area contributed by atoms with Crippen molar-refractivity contribution in [2.75, 3.05) is 18.4 Å². The molecule has 0 spiro atoms. The number of hydrogen-bond acceptors (Lipinski definition) is 4. The predicted molar refractivity (Wildman–Crippen MR) is 89.2 cm³/mol. The molecule has 1 fully saturated rings. The summed E-state index contributed by atoms with van der Waals surface area (Å²) in [6.07, 6.45) is 2.59. The fraction of sp³-hybridized carbons (Fsp3) is 0.333. The van der Waals surface area contributed by atoms with Gasteiger partial charge in [-0.1, -0.05) is 24.3 Å². The molecular formula is C18H21N3O2. The summed E-state index contributed by atoms with van der Waals surface area (Å²) in [6, 6.07) is 15.0. The lowest BCUT2D eigenvalue weighted by Gasteiger charge is -2.22. The van der Waals surface area contributed by atoms with Crippen LogP contribution < -0.4 is 5.32 Å². The zero-order valence-corrected chi connectivity index (χ0v) is 12.9. The van der Waals surface area contributed by atoms with Gasteiger partial charge in [-0.05, 0) is 37.1 Å². The van der Waals surface area contributed by atoms with Crippen LogP contribution in [0.3, 0.4) is 0 Å². The number of β-amino-alcohol motifs (C(OH)–C–C–N with tert-alkyl or cyclic N) is 1. The molecule has 120 valence electrons. The Hall–Kier alpha value is -2.40. The largest absolute Gasteiger partial charge is 0.391 e. The number of likely N-dealkylation sites (tertiary alicyclic amines) is 1. The molecule has 1 amide bonds. The third-order valence-electron chi connectivity index (χ3n) is 4.06. The van der Waals surface area contributed by atoms with Crippen LogP contribution in [0.5, 0.6) is 0 Å². The topological polar surface area (TPSA) is 65.5 Å². The van der Waals surface area contributed by atoms with E-state index in [1.54, 1.807) is 11.1 Å². The number of nitrogens with zero attached hydrogens (tertiary/aromatic N) is 2. The van der Waals surface area contributed by atoms with Gasteiger partial charge < -0.3 is 15.3 Å². The number of rotatable bonds is 3. The average molecular weight is 311 g/mol. The zero-order valence-electron chi connectivity index (χ0n) is 12.9. The Balaban J connectivity index is 1.65. The van der Waals surface area contributed by atoms with Crippen LogP contribution in [0, 0.1) is 0 Å². The normalized spacial score (nSPS) is 21.5. The standard InChI is InChI=1S/C18H21N3O2/c22-16-12-15(20-17-8-4-5-10-19-17)9-11-21(13-16)18(23)14-6-2-1-3-7-14/h1-8,10,15-16,22H,9,11-13H2,(H,19,20)/t15-,16-/m0/s1. The Labute approximate surface area is 136 Å². The van der Waals surface area contributed by atoms with Crippen molar-refractivity contribution in [1.82, 2.24) is 9.88 Å². The molecular weight excluding hydrogens is 290 g/mol. The van der Waals surface area contributed by atoms with Gasteiger partial charge in [0.05, 0.1) is 6.10 Å². The second-order valence-corrected chi connectivity index (χ2v) is 5.85. The quantitative estimate of drug-likeness (QED) is 0.911. The summed E-state index contributed by atoms with van der Waals surface area (Å²) in [5.74, 6) is 0.774. The summed E-state index contributed by atoms with van der Waals surface area (Å²) >= 11 is 0. The molecule has 2 atom stereocenters. The van der Waals surface area contributed by atoms with E-state index in [0.29, 0.717) is 25.1 Å². The zero-order chi connectivity index (χ0) is 16.1. The molecule has 3 rings (SSSR count). The van der Waals surface area contributed by atoms with Gasteiger partial charge in [-0.15, -0.1) is 0 Å². The first-order chi connectivity index (χ1) is 11.2. The maximum absolute atomic E-state index is 12.5. The van der Waals surface area contributed by atoms with Crippen LogP contribution in [-0.2, 0) is 0 Å². The summed E-state index contributed by atoms with van der Waals surface area (Å²) in [6.45, 7) is 0.989. The maximum Gasteiger partial charge on any atom is 0.253 e. The monoisotopic (exact) mass is 311 g/mol. The molecule has 0 unspecified atom stereocenters. The van der Waals surface area contributed by atoms with Crippen LogP contribution in [0.1, 0.15) is 23.2 Å². The van der Waals surface area contributed by atoms with Crippen molar-refractivity contribution in [3.8, 4) is 0 Å². The number of aromatic nitrogens is 1. The van der Waals surface area contributed by atoms with Gasteiger partial charge in [-0.25, -0.2) is 4.98 Å². The number of nitrogens with one attached hydrogen (secondary N) is 1. The van der Waals surface area contributed by atoms with Crippen LogP contribution in [-0.4, -0.2) is 46.1 Å². The number of hydrogen-bond donors (Lipinski definition) is 2. The molecule has 1 aliphatic rings. The smallest absolute Gasteiger partial charge is 0.253 e. The first-order valence-corrected chi connectivity index (χ1v) is 7.92. The number of anilines is 1. The second-order valence-electron chi connectivity index (χ2n) is 5.85. The molecule has 1 saturated heterocycles. The van der Waals surface area contributed by atoms with Crippen molar-refractivity contribution >= 4 is 11.7 Å². The molecule has 0 saturated carbocycles. The van der Waals surface area contributed by atoms with Crippen molar-refractivity contribution in [2.45, 2.75) is 25.0 Å². The summed E-state index contributed by atoms with van der Waals surface area (Å²) in [5, 5.41) is 13.6. The molecule has 1 aliphatic heterocycles. The number of benzene rings is 1. The molecule has 1 aromatic carbocycles. The lowest BCUT2D eigenvalue weighted by atomic mass is 10.1.